The predicted molar refractivity (Wildman–Crippen MR) is 71.3 cm³/mol. The van der Waals surface area contributed by atoms with Gasteiger partial charge in [-0.05, 0) is 20.3 Å². The third-order valence-electron chi connectivity index (χ3n) is 3.28. The van der Waals surface area contributed by atoms with Crippen LogP contribution in [-0.2, 0) is 11.3 Å². The lowest BCUT2D eigenvalue weighted by molar-refractivity contribution is -0.129. The molecule has 6 heteroatoms. The summed E-state index contributed by atoms with van der Waals surface area (Å²) in [5, 5.41) is 16.0. The maximum absolute atomic E-state index is 12.1. The van der Waals surface area contributed by atoms with Crippen LogP contribution in [0.1, 0.15) is 26.7 Å². The van der Waals surface area contributed by atoms with Gasteiger partial charge in [0.2, 0.25) is 5.91 Å². The minimum Gasteiger partial charge on any atom is -0.357 e. The Morgan fingerprint density at radius 1 is 1.63 bits per heavy atom. The van der Waals surface area contributed by atoms with Crippen molar-refractivity contribution >= 4 is 11.7 Å². The van der Waals surface area contributed by atoms with E-state index in [1.165, 1.54) is 0 Å². The van der Waals surface area contributed by atoms with E-state index < -0.39 is 0 Å². The number of hydrogen-bond donors (Lipinski definition) is 1. The van der Waals surface area contributed by atoms with E-state index in [4.69, 9.17) is 5.26 Å². The molecule has 0 bridgehead atoms. The smallest absolute Gasteiger partial charge is 0.245 e. The third-order valence-corrected chi connectivity index (χ3v) is 3.28. The molecule has 0 unspecified atom stereocenters. The molecule has 102 valence electrons. The molecule has 1 aliphatic heterocycles. The average Bonchev–Trinajstić information content (AvgIpc) is 2.95. The molecule has 0 radical (unpaired) electrons. The molecule has 1 N–H and O–H groups in total. The lowest BCUT2D eigenvalue weighted by Crippen LogP contribution is -2.37. The first-order valence-corrected chi connectivity index (χ1v) is 6.59. The summed E-state index contributed by atoms with van der Waals surface area (Å²) in [6.45, 7) is 5.42. The van der Waals surface area contributed by atoms with Crippen LogP contribution in [0.2, 0.25) is 0 Å². The molecule has 2 heterocycles. The number of carbonyl (C=O) groups is 1. The topological polar surface area (TPSA) is 73.9 Å². The van der Waals surface area contributed by atoms with Gasteiger partial charge in [0, 0.05) is 24.8 Å². The normalized spacial score (nSPS) is 18.9. The number of amides is 1. The average molecular weight is 261 g/mol. The molecule has 2 rings (SSSR count). The minimum absolute atomic E-state index is 0.140. The van der Waals surface area contributed by atoms with E-state index in [0.717, 1.165) is 13.0 Å². The number of nitrogens with one attached hydrogen (secondary N) is 1. The molecule has 0 spiro atoms. The Hall–Kier alpha value is -2.03. The Kier molecular flexibility index (Phi) is 4.05. The van der Waals surface area contributed by atoms with Crippen LogP contribution in [0.25, 0.3) is 0 Å². The molecule has 1 aromatic heterocycles. The second-order valence-electron chi connectivity index (χ2n) is 4.98. The van der Waals surface area contributed by atoms with Gasteiger partial charge in [-0.25, -0.2) is 0 Å². The molecule has 0 aliphatic carbocycles. The molecule has 1 atom stereocenters. The number of anilines is 1. The van der Waals surface area contributed by atoms with Crippen LogP contribution in [-0.4, -0.2) is 39.2 Å². The van der Waals surface area contributed by atoms with Crippen molar-refractivity contribution in [3.05, 3.63) is 12.3 Å². The van der Waals surface area contributed by atoms with Gasteiger partial charge in [-0.3, -0.25) is 9.48 Å². The Balaban J connectivity index is 1.93. The maximum atomic E-state index is 12.1. The van der Waals surface area contributed by atoms with E-state index in [1.807, 2.05) is 31.0 Å². The second-order valence-corrected chi connectivity index (χ2v) is 4.98. The first kappa shape index (κ1) is 13.4. The van der Waals surface area contributed by atoms with E-state index in [-0.39, 0.29) is 18.0 Å². The summed E-state index contributed by atoms with van der Waals surface area (Å²) in [6.07, 6.45) is 3.06. The van der Waals surface area contributed by atoms with Gasteiger partial charge in [-0.1, -0.05) is 0 Å². The number of hydrogen-bond acceptors (Lipinski definition) is 4. The van der Waals surface area contributed by atoms with Crippen LogP contribution >= 0.6 is 0 Å². The highest BCUT2D eigenvalue weighted by atomic mass is 16.2. The fourth-order valence-corrected chi connectivity index (χ4v) is 2.25. The minimum atomic E-state index is -0.179. The van der Waals surface area contributed by atoms with Crippen molar-refractivity contribution in [3.8, 4) is 6.07 Å². The van der Waals surface area contributed by atoms with Gasteiger partial charge in [0.25, 0.3) is 0 Å². The molecular formula is C13H19N5O. The summed E-state index contributed by atoms with van der Waals surface area (Å²) in [6, 6.07) is 3.98. The Morgan fingerprint density at radius 3 is 3.05 bits per heavy atom. The summed E-state index contributed by atoms with van der Waals surface area (Å²) in [7, 11) is 0. The van der Waals surface area contributed by atoms with Crippen LogP contribution < -0.4 is 5.32 Å². The fourth-order valence-electron chi connectivity index (χ4n) is 2.25. The zero-order chi connectivity index (χ0) is 13.8. The number of rotatable bonds is 5. The summed E-state index contributed by atoms with van der Waals surface area (Å²) >= 11 is 0. The van der Waals surface area contributed by atoms with Gasteiger partial charge < -0.3 is 10.2 Å². The lowest BCUT2D eigenvalue weighted by Gasteiger charge is -2.21. The van der Waals surface area contributed by atoms with E-state index in [0.29, 0.717) is 18.8 Å². The summed E-state index contributed by atoms with van der Waals surface area (Å²) in [4.78, 5) is 14.0. The molecule has 19 heavy (non-hydrogen) atoms. The monoisotopic (exact) mass is 261 g/mol. The van der Waals surface area contributed by atoms with Gasteiger partial charge in [0.05, 0.1) is 19.0 Å². The SMILES string of the molecule is CC(C)N1CC[C@H](Nc2ccn(CCC#N)n2)C1=O. The molecule has 1 amide bonds. The standard InChI is InChI=1S/C13H19N5O/c1-10(2)18-9-4-11(13(18)19)15-12-5-8-17(16-12)7-3-6-14/h5,8,10-11H,3-4,7,9H2,1-2H3,(H,15,16)/t11-/m0/s1. The van der Waals surface area contributed by atoms with Crippen LogP contribution in [0.15, 0.2) is 12.3 Å². The summed E-state index contributed by atoms with van der Waals surface area (Å²) < 4.78 is 1.71. The van der Waals surface area contributed by atoms with Crippen molar-refractivity contribution in [1.82, 2.24) is 14.7 Å². The number of aromatic nitrogens is 2. The van der Waals surface area contributed by atoms with Crippen molar-refractivity contribution in [1.29, 1.82) is 5.26 Å². The van der Waals surface area contributed by atoms with Crippen molar-refractivity contribution in [2.24, 2.45) is 0 Å². The Labute approximate surface area is 113 Å². The maximum Gasteiger partial charge on any atom is 0.245 e. The van der Waals surface area contributed by atoms with Gasteiger partial charge in [-0.2, -0.15) is 10.4 Å². The van der Waals surface area contributed by atoms with Crippen LogP contribution in [0.5, 0.6) is 0 Å². The van der Waals surface area contributed by atoms with E-state index in [2.05, 4.69) is 16.5 Å². The third kappa shape index (κ3) is 3.05. The highest BCUT2D eigenvalue weighted by Gasteiger charge is 2.33. The highest BCUT2D eigenvalue weighted by Crippen LogP contribution is 2.18. The van der Waals surface area contributed by atoms with Gasteiger partial charge >= 0.3 is 0 Å². The molecular weight excluding hydrogens is 242 g/mol. The predicted octanol–water partition coefficient (Wildman–Crippen LogP) is 1.22. The van der Waals surface area contributed by atoms with Crippen molar-refractivity contribution in [3.63, 3.8) is 0 Å². The fraction of sp³-hybridized carbons (Fsp3) is 0.615. The Morgan fingerprint density at radius 2 is 2.42 bits per heavy atom. The molecule has 1 fully saturated rings. The van der Waals surface area contributed by atoms with Crippen molar-refractivity contribution < 1.29 is 4.79 Å². The van der Waals surface area contributed by atoms with E-state index in [9.17, 15) is 4.79 Å². The Bertz CT molecular complexity index is 487. The van der Waals surface area contributed by atoms with Crippen molar-refractivity contribution in [2.75, 3.05) is 11.9 Å². The molecule has 0 saturated carbocycles. The lowest BCUT2D eigenvalue weighted by atomic mass is 10.2. The number of nitriles is 1. The van der Waals surface area contributed by atoms with E-state index in [1.54, 1.807) is 4.68 Å². The zero-order valence-electron chi connectivity index (χ0n) is 11.3. The van der Waals surface area contributed by atoms with Crippen LogP contribution in [0.3, 0.4) is 0 Å². The van der Waals surface area contributed by atoms with Crippen molar-refractivity contribution in [2.45, 2.75) is 45.3 Å². The molecule has 1 aliphatic rings. The highest BCUT2D eigenvalue weighted by molar-refractivity contribution is 5.86. The van der Waals surface area contributed by atoms with Gasteiger partial charge in [0.1, 0.15) is 11.9 Å². The molecule has 1 saturated heterocycles. The van der Waals surface area contributed by atoms with Crippen LogP contribution in [0.4, 0.5) is 5.82 Å². The summed E-state index contributed by atoms with van der Waals surface area (Å²) in [5.74, 6) is 0.837. The second kappa shape index (κ2) is 5.74. The zero-order valence-corrected chi connectivity index (χ0v) is 11.3. The largest absolute Gasteiger partial charge is 0.357 e. The quantitative estimate of drug-likeness (QED) is 0.864. The molecule has 1 aromatic rings. The van der Waals surface area contributed by atoms with E-state index >= 15 is 0 Å². The number of likely N-dealkylation sites (tertiary alicyclic amines) is 1. The van der Waals surface area contributed by atoms with Gasteiger partial charge in [-0.15, -0.1) is 0 Å². The molecule has 6 nitrogen and oxygen atoms in total. The molecule has 0 aromatic carbocycles. The number of aryl methyl sites for hydroxylation is 1. The van der Waals surface area contributed by atoms with Crippen LogP contribution in [0, 0.1) is 11.3 Å². The first-order valence-electron chi connectivity index (χ1n) is 6.59. The number of carbonyl (C=O) groups excluding carboxylic acids is 1. The van der Waals surface area contributed by atoms with Gasteiger partial charge in [0.15, 0.2) is 0 Å². The number of nitrogens with zero attached hydrogens (tertiary/aromatic N) is 4. The summed E-state index contributed by atoms with van der Waals surface area (Å²) in [5.41, 5.74) is 0. The first-order chi connectivity index (χ1) is 9.11.